The number of ether oxygens (including phenoxy) is 1. The molecule has 5 rings (SSSR count). The lowest BCUT2D eigenvalue weighted by atomic mass is 10.0. The molecule has 0 radical (unpaired) electrons. The number of anilines is 1. The molecule has 0 unspecified atom stereocenters. The molecule has 2 amide bonds. The Kier molecular flexibility index (Phi) is 12.0. The van der Waals surface area contributed by atoms with Crippen LogP contribution in [0.2, 0.25) is 18.1 Å². The SMILES string of the molecule is C=C=C1N(CCC)c2nc(-c3ccc(C(=O)N[C@H](Cc4ccccc4)C(=O)NCCOCCO[Si](C)(C)C(C)(C)C)nc3)[nH]c2CN1C1CC1. The van der Waals surface area contributed by atoms with Crippen molar-refractivity contribution in [1.82, 2.24) is 30.5 Å². The fourth-order valence-electron chi connectivity index (χ4n) is 5.70. The van der Waals surface area contributed by atoms with Crippen molar-refractivity contribution < 1.29 is 18.8 Å². The lowest BCUT2D eigenvalue weighted by Gasteiger charge is -2.38. The molecule has 50 heavy (non-hydrogen) atoms. The van der Waals surface area contributed by atoms with Crippen molar-refractivity contribution in [2.45, 2.75) is 90.1 Å². The number of nitrogens with one attached hydrogen (secondary N) is 3. The van der Waals surface area contributed by atoms with Crippen molar-refractivity contribution in [3.05, 3.63) is 83.7 Å². The number of imidazole rings is 1. The Hall–Kier alpha value is -4.22. The predicted molar refractivity (Wildman–Crippen MR) is 199 cm³/mol. The number of carbonyl (C=O) groups excluding carboxylic acids is 2. The number of pyridine rings is 1. The Bertz CT molecular complexity index is 1660. The number of rotatable bonds is 16. The minimum atomic E-state index is -1.83. The average molecular weight is 700 g/mol. The summed E-state index contributed by atoms with van der Waals surface area (Å²) < 4.78 is 11.9. The molecule has 2 aliphatic rings. The fourth-order valence-corrected chi connectivity index (χ4v) is 6.72. The third kappa shape index (κ3) is 9.11. The molecule has 1 saturated carbocycles. The van der Waals surface area contributed by atoms with Crippen molar-refractivity contribution in [2.24, 2.45) is 0 Å². The molecule has 268 valence electrons. The van der Waals surface area contributed by atoms with Crippen LogP contribution in [0.4, 0.5) is 5.82 Å². The van der Waals surface area contributed by atoms with E-state index < -0.39 is 20.3 Å². The van der Waals surface area contributed by atoms with Gasteiger partial charge in [0.15, 0.2) is 20.0 Å². The van der Waals surface area contributed by atoms with Gasteiger partial charge >= 0.3 is 0 Å². The van der Waals surface area contributed by atoms with Crippen LogP contribution in [0.5, 0.6) is 0 Å². The molecule has 2 aromatic heterocycles. The largest absolute Gasteiger partial charge is 0.414 e. The van der Waals surface area contributed by atoms with E-state index in [0.29, 0.717) is 44.7 Å². The molecular weight excluding hydrogens is 647 g/mol. The molecule has 3 aromatic rings. The third-order valence-corrected chi connectivity index (χ3v) is 14.2. The number of aromatic nitrogens is 3. The Morgan fingerprint density at radius 2 is 1.88 bits per heavy atom. The number of fused-ring (bicyclic) bond motifs is 1. The van der Waals surface area contributed by atoms with Crippen molar-refractivity contribution in [3.63, 3.8) is 0 Å². The first-order valence-corrected chi connectivity index (χ1v) is 20.7. The van der Waals surface area contributed by atoms with Crippen molar-refractivity contribution >= 4 is 25.9 Å². The molecule has 11 nitrogen and oxygen atoms in total. The maximum Gasteiger partial charge on any atom is 0.270 e. The van der Waals surface area contributed by atoms with Gasteiger partial charge < -0.3 is 34.6 Å². The smallest absolute Gasteiger partial charge is 0.270 e. The second-order valence-electron chi connectivity index (χ2n) is 14.6. The lowest BCUT2D eigenvalue weighted by molar-refractivity contribution is -0.123. The number of aromatic amines is 1. The molecule has 0 saturated heterocycles. The summed E-state index contributed by atoms with van der Waals surface area (Å²) in [6, 6.07) is 12.8. The number of H-pyrrole nitrogens is 1. The van der Waals surface area contributed by atoms with Gasteiger partial charge in [-0.1, -0.05) is 70.3 Å². The Labute approximate surface area is 297 Å². The van der Waals surface area contributed by atoms with E-state index in [1.165, 1.54) is 12.8 Å². The van der Waals surface area contributed by atoms with E-state index in [2.05, 4.69) is 83.5 Å². The quantitative estimate of drug-likeness (QED) is 0.0976. The van der Waals surface area contributed by atoms with Crippen LogP contribution in [0.3, 0.4) is 0 Å². The molecule has 1 aliphatic heterocycles. The van der Waals surface area contributed by atoms with E-state index in [4.69, 9.17) is 14.1 Å². The first kappa shape index (κ1) is 37.0. The van der Waals surface area contributed by atoms with E-state index in [9.17, 15) is 9.59 Å². The number of carbonyl (C=O) groups is 2. The van der Waals surface area contributed by atoms with Gasteiger partial charge in [0.25, 0.3) is 5.91 Å². The molecule has 3 heterocycles. The summed E-state index contributed by atoms with van der Waals surface area (Å²) in [5.41, 5.74) is 6.11. The van der Waals surface area contributed by atoms with E-state index >= 15 is 0 Å². The average Bonchev–Trinajstić information content (AvgIpc) is 3.85. The summed E-state index contributed by atoms with van der Waals surface area (Å²) in [5.74, 6) is 1.84. The number of hydrogen-bond donors (Lipinski definition) is 3. The Morgan fingerprint density at radius 3 is 2.52 bits per heavy atom. The van der Waals surface area contributed by atoms with Crippen LogP contribution in [0.15, 0.2) is 66.8 Å². The van der Waals surface area contributed by atoms with Gasteiger partial charge in [0, 0.05) is 37.3 Å². The van der Waals surface area contributed by atoms with Crippen LogP contribution in [-0.2, 0) is 26.9 Å². The molecule has 12 heteroatoms. The molecule has 3 N–H and O–H groups in total. The second-order valence-corrected chi connectivity index (χ2v) is 19.4. The molecular formula is C38H53N7O4Si. The molecule has 1 aromatic carbocycles. The van der Waals surface area contributed by atoms with Gasteiger partial charge in [-0.25, -0.2) is 4.98 Å². The van der Waals surface area contributed by atoms with E-state index in [-0.39, 0.29) is 16.6 Å². The first-order valence-electron chi connectivity index (χ1n) is 17.8. The van der Waals surface area contributed by atoms with Gasteiger partial charge in [0.2, 0.25) is 5.91 Å². The number of hydrogen-bond acceptors (Lipinski definition) is 8. The van der Waals surface area contributed by atoms with Crippen molar-refractivity contribution in [3.8, 4) is 11.4 Å². The van der Waals surface area contributed by atoms with E-state index in [0.717, 1.165) is 48.0 Å². The monoisotopic (exact) mass is 699 g/mol. The maximum atomic E-state index is 13.4. The highest BCUT2D eigenvalue weighted by atomic mass is 28.4. The van der Waals surface area contributed by atoms with Gasteiger partial charge in [-0.2, -0.15) is 0 Å². The number of nitrogens with zero attached hydrogens (tertiary/aromatic N) is 4. The molecule has 0 spiro atoms. The highest BCUT2D eigenvalue weighted by molar-refractivity contribution is 6.74. The normalized spacial score (nSPS) is 15.4. The van der Waals surface area contributed by atoms with Gasteiger partial charge in [0.05, 0.1) is 32.1 Å². The zero-order valence-electron chi connectivity index (χ0n) is 30.5. The van der Waals surface area contributed by atoms with Crippen LogP contribution in [0, 0.1) is 0 Å². The van der Waals surface area contributed by atoms with Crippen LogP contribution >= 0.6 is 0 Å². The molecule has 1 fully saturated rings. The molecule has 0 bridgehead atoms. The third-order valence-electron chi connectivity index (χ3n) is 9.68. The van der Waals surface area contributed by atoms with Crippen LogP contribution in [-0.4, -0.2) is 85.0 Å². The summed E-state index contributed by atoms with van der Waals surface area (Å²) in [6.07, 6.45) is 5.28. The highest BCUT2D eigenvalue weighted by Gasteiger charge is 2.39. The van der Waals surface area contributed by atoms with E-state index in [1.807, 2.05) is 36.4 Å². The van der Waals surface area contributed by atoms with Gasteiger partial charge in [-0.05, 0) is 55.1 Å². The van der Waals surface area contributed by atoms with Crippen molar-refractivity contribution in [1.29, 1.82) is 0 Å². The zero-order valence-corrected chi connectivity index (χ0v) is 31.5. The summed E-state index contributed by atoms with van der Waals surface area (Å²) in [5, 5.41) is 5.96. The number of benzene rings is 1. The van der Waals surface area contributed by atoms with Crippen molar-refractivity contribution in [2.75, 3.05) is 37.8 Å². The van der Waals surface area contributed by atoms with Gasteiger partial charge in [-0.3, -0.25) is 14.6 Å². The fraction of sp³-hybridized carbons (Fsp3) is 0.500. The number of amides is 2. The van der Waals surface area contributed by atoms with E-state index in [1.54, 1.807) is 12.3 Å². The highest BCUT2D eigenvalue weighted by Crippen LogP contribution is 2.40. The van der Waals surface area contributed by atoms with Crippen LogP contribution < -0.4 is 15.5 Å². The lowest BCUT2D eigenvalue weighted by Crippen LogP contribution is -2.48. The summed E-state index contributed by atoms with van der Waals surface area (Å²) in [7, 11) is -1.83. The van der Waals surface area contributed by atoms with Gasteiger partial charge in [-0.15, -0.1) is 0 Å². The second kappa shape index (κ2) is 16.2. The van der Waals surface area contributed by atoms with Crippen LogP contribution in [0.25, 0.3) is 11.4 Å². The standard InChI is InChI=1S/C38H53N7O4Si/c1-8-20-44-33(9-2)45(29-16-17-29)26-32-35(44)43-34(41-32)28-15-18-30(40-25-28)37(47)42-31(24-27-13-11-10-12-14-27)36(46)39-19-21-48-22-23-49-50(6,7)38(3,4)5/h10-15,18,25,29,31H,2,8,16-17,19-24,26H2,1,3-7H3,(H,39,46)(H,41,43)(H,42,47)/t31-/m1/s1. The first-order chi connectivity index (χ1) is 23.9. The minimum absolute atomic E-state index is 0.137. The maximum absolute atomic E-state index is 13.4. The molecule has 1 aliphatic carbocycles. The Morgan fingerprint density at radius 1 is 1.12 bits per heavy atom. The summed E-state index contributed by atoms with van der Waals surface area (Å²) >= 11 is 0. The summed E-state index contributed by atoms with van der Waals surface area (Å²) in [4.78, 5) is 44.2. The molecule has 1 atom stereocenters. The van der Waals surface area contributed by atoms with Crippen LogP contribution in [0.1, 0.15) is 68.7 Å². The Balaban J connectivity index is 1.20. The summed E-state index contributed by atoms with van der Waals surface area (Å²) in [6.45, 7) is 20.3. The van der Waals surface area contributed by atoms with Gasteiger partial charge in [0.1, 0.15) is 17.6 Å². The zero-order chi connectivity index (χ0) is 35.9. The topological polar surface area (TPSA) is 125 Å². The predicted octanol–water partition coefficient (Wildman–Crippen LogP) is 5.79. The minimum Gasteiger partial charge on any atom is -0.414 e.